The van der Waals surface area contributed by atoms with Crippen LogP contribution in [0.1, 0.15) is 12.8 Å². The van der Waals surface area contributed by atoms with Crippen molar-refractivity contribution in [2.24, 2.45) is 5.92 Å². The highest BCUT2D eigenvalue weighted by Crippen LogP contribution is 2.27. The van der Waals surface area contributed by atoms with E-state index in [0.717, 1.165) is 20.2 Å². The Bertz CT molecular complexity index is 1100. The molecule has 2 aromatic carbocycles. The van der Waals surface area contributed by atoms with E-state index in [1.165, 1.54) is 15.8 Å². The van der Waals surface area contributed by atoms with Crippen LogP contribution in [0.2, 0.25) is 0 Å². The number of piperidine rings is 1. The third kappa shape index (κ3) is 3.98. The van der Waals surface area contributed by atoms with Crippen LogP contribution in [0.25, 0.3) is 10.1 Å². The second kappa shape index (κ2) is 7.90. The summed E-state index contributed by atoms with van der Waals surface area (Å²) in [6, 6.07) is 12.3. The third-order valence-electron chi connectivity index (χ3n) is 4.90. The van der Waals surface area contributed by atoms with Gasteiger partial charge in [-0.2, -0.15) is 8.68 Å². The van der Waals surface area contributed by atoms with Crippen molar-refractivity contribution in [2.75, 3.05) is 18.4 Å². The topological polar surface area (TPSA) is 79.4 Å². The minimum absolute atomic E-state index is 0.0665. The molecule has 3 aromatic rings. The molecule has 1 aliphatic rings. The number of carbonyl (C=O) groups excluding carboxylic acids is 1. The molecule has 1 aromatic heterocycles. The van der Waals surface area contributed by atoms with Crippen molar-refractivity contribution in [3.05, 3.63) is 53.1 Å². The maximum absolute atomic E-state index is 12.8. The lowest BCUT2D eigenvalue weighted by atomic mass is 9.97. The lowest BCUT2D eigenvalue weighted by Gasteiger charge is -2.30. The molecule has 0 bridgehead atoms. The Hall–Kier alpha value is -1.81. The van der Waals surface area contributed by atoms with E-state index in [1.807, 2.05) is 18.2 Å². The quantitative estimate of drug-likeness (QED) is 0.610. The number of amides is 1. The zero-order valence-corrected chi connectivity index (χ0v) is 18.1. The average molecular weight is 480 g/mol. The van der Waals surface area contributed by atoms with Crippen LogP contribution in [0.15, 0.2) is 58.0 Å². The Labute approximate surface area is 175 Å². The first-order chi connectivity index (χ1) is 13.4. The fraction of sp³-hybridized carbons (Fsp3) is 0.263. The summed E-state index contributed by atoms with van der Waals surface area (Å²) in [6.45, 7) is 0.675. The summed E-state index contributed by atoms with van der Waals surface area (Å²) < 4.78 is 33.0. The summed E-state index contributed by atoms with van der Waals surface area (Å²) in [5.74, 6) is -0.268. The highest BCUT2D eigenvalue weighted by molar-refractivity contribution is 9.10. The van der Waals surface area contributed by atoms with Crippen LogP contribution in [-0.4, -0.2) is 36.1 Å². The number of halogens is 1. The lowest BCUT2D eigenvalue weighted by molar-refractivity contribution is -0.120. The number of benzene rings is 2. The van der Waals surface area contributed by atoms with Crippen molar-refractivity contribution in [1.82, 2.24) is 8.68 Å². The minimum atomic E-state index is -3.53. The molecular formula is C19H18BrN3O3S2. The van der Waals surface area contributed by atoms with Crippen molar-refractivity contribution >= 4 is 59.2 Å². The van der Waals surface area contributed by atoms with E-state index in [0.29, 0.717) is 25.9 Å². The summed E-state index contributed by atoms with van der Waals surface area (Å²) in [7, 11) is -3.53. The standard InChI is InChI=1S/C19H18BrN3O3S2/c20-15-1-4-17(5-2-15)28(25,26)23-9-7-13(8-10-23)19(24)22-16-3-6-18-14(11-16)12-21-27-18/h1-6,11-13H,7-10H2,(H,22,24). The van der Waals surface area contributed by atoms with Gasteiger partial charge in [0.2, 0.25) is 15.9 Å². The molecule has 6 nitrogen and oxygen atoms in total. The van der Waals surface area contributed by atoms with Gasteiger partial charge in [-0.25, -0.2) is 8.42 Å². The lowest BCUT2D eigenvalue weighted by Crippen LogP contribution is -2.41. The van der Waals surface area contributed by atoms with E-state index in [-0.39, 0.29) is 16.7 Å². The summed E-state index contributed by atoms with van der Waals surface area (Å²) in [4.78, 5) is 12.9. The van der Waals surface area contributed by atoms with Gasteiger partial charge in [-0.1, -0.05) is 15.9 Å². The van der Waals surface area contributed by atoms with E-state index in [1.54, 1.807) is 30.5 Å². The molecule has 1 N–H and O–H groups in total. The molecular weight excluding hydrogens is 462 g/mol. The van der Waals surface area contributed by atoms with Crippen LogP contribution in [-0.2, 0) is 14.8 Å². The molecule has 0 unspecified atom stereocenters. The number of nitrogens with one attached hydrogen (secondary N) is 1. The number of hydrogen-bond donors (Lipinski definition) is 1. The molecule has 9 heteroatoms. The number of fused-ring (bicyclic) bond motifs is 1. The molecule has 1 aliphatic heterocycles. The molecule has 0 saturated carbocycles. The third-order valence-corrected chi connectivity index (χ3v) is 8.12. The first-order valence-electron chi connectivity index (χ1n) is 8.84. The summed E-state index contributed by atoms with van der Waals surface area (Å²) in [5, 5.41) is 3.95. The van der Waals surface area contributed by atoms with Gasteiger partial charge in [-0.15, -0.1) is 0 Å². The van der Waals surface area contributed by atoms with Gasteiger partial charge < -0.3 is 5.32 Å². The largest absolute Gasteiger partial charge is 0.326 e. The van der Waals surface area contributed by atoms with Crippen LogP contribution >= 0.6 is 27.5 Å². The molecule has 2 heterocycles. The minimum Gasteiger partial charge on any atom is -0.326 e. The maximum atomic E-state index is 12.8. The van der Waals surface area contributed by atoms with E-state index < -0.39 is 10.0 Å². The fourth-order valence-electron chi connectivity index (χ4n) is 3.31. The second-order valence-corrected chi connectivity index (χ2v) is 10.4. The number of carbonyl (C=O) groups is 1. The zero-order valence-electron chi connectivity index (χ0n) is 14.8. The SMILES string of the molecule is O=C(Nc1ccc2sncc2c1)C1CCN(S(=O)(=O)c2ccc(Br)cc2)CC1. The van der Waals surface area contributed by atoms with Gasteiger partial charge >= 0.3 is 0 Å². The van der Waals surface area contributed by atoms with Gasteiger partial charge in [0.1, 0.15) is 0 Å². The molecule has 4 rings (SSSR count). The summed E-state index contributed by atoms with van der Waals surface area (Å²) in [5.41, 5.74) is 0.739. The first kappa shape index (κ1) is 19.5. The number of sulfonamides is 1. The number of anilines is 1. The predicted molar refractivity (Wildman–Crippen MR) is 114 cm³/mol. The van der Waals surface area contributed by atoms with Crippen LogP contribution in [0.5, 0.6) is 0 Å². The molecule has 146 valence electrons. The second-order valence-electron chi connectivity index (χ2n) is 6.70. The Morgan fingerprint density at radius 1 is 1.14 bits per heavy atom. The zero-order chi connectivity index (χ0) is 19.7. The van der Waals surface area contributed by atoms with E-state index >= 15 is 0 Å². The Morgan fingerprint density at radius 3 is 2.57 bits per heavy atom. The molecule has 0 atom stereocenters. The molecule has 1 fully saturated rings. The predicted octanol–water partition coefficient (Wildman–Crippen LogP) is 4.10. The normalized spacial score (nSPS) is 16.3. The molecule has 1 saturated heterocycles. The van der Waals surface area contributed by atoms with Crippen LogP contribution < -0.4 is 5.32 Å². The van der Waals surface area contributed by atoms with Gasteiger partial charge in [0.05, 0.1) is 9.60 Å². The number of rotatable bonds is 4. The maximum Gasteiger partial charge on any atom is 0.243 e. The Morgan fingerprint density at radius 2 is 1.86 bits per heavy atom. The average Bonchev–Trinajstić information content (AvgIpc) is 3.16. The molecule has 0 aliphatic carbocycles. The van der Waals surface area contributed by atoms with E-state index in [2.05, 4.69) is 25.6 Å². The van der Waals surface area contributed by atoms with Crippen molar-refractivity contribution in [1.29, 1.82) is 0 Å². The summed E-state index contributed by atoms with van der Waals surface area (Å²) in [6.07, 6.45) is 2.79. The molecule has 0 spiro atoms. The monoisotopic (exact) mass is 479 g/mol. The van der Waals surface area contributed by atoms with Crippen LogP contribution in [0.3, 0.4) is 0 Å². The van der Waals surface area contributed by atoms with Gasteiger partial charge in [0.15, 0.2) is 0 Å². The molecule has 28 heavy (non-hydrogen) atoms. The van der Waals surface area contributed by atoms with Crippen molar-refractivity contribution < 1.29 is 13.2 Å². The smallest absolute Gasteiger partial charge is 0.243 e. The van der Waals surface area contributed by atoms with E-state index in [4.69, 9.17) is 0 Å². The highest BCUT2D eigenvalue weighted by Gasteiger charge is 2.32. The van der Waals surface area contributed by atoms with Gasteiger partial charge in [0.25, 0.3) is 0 Å². The first-order valence-corrected chi connectivity index (χ1v) is 11.9. The Balaban J connectivity index is 1.39. The van der Waals surface area contributed by atoms with Crippen molar-refractivity contribution in [3.63, 3.8) is 0 Å². The number of aromatic nitrogens is 1. The summed E-state index contributed by atoms with van der Waals surface area (Å²) >= 11 is 4.73. The van der Waals surface area contributed by atoms with Gasteiger partial charge in [-0.3, -0.25) is 4.79 Å². The number of hydrogen-bond acceptors (Lipinski definition) is 5. The van der Waals surface area contributed by atoms with E-state index in [9.17, 15) is 13.2 Å². The highest BCUT2D eigenvalue weighted by atomic mass is 79.9. The van der Waals surface area contributed by atoms with Crippen LogP contribution in [0, 0.1) is 5.92 Å². The van der Waals surface area contributed by atoms with Crippen LogP contribution in [0.4, 0.5) is 5.69 Å². The van der Waals surface area contributed by atoms with Crippen molar-refractivity contribution in [2.45, 2.75) is 17.7 Å². The molecule has 0 radical (unpaired) electrons. The molecule has 1 amide bonds. The van der Waals surface area contributed by atoms with Crippen molar-refractivity contribution in [3.8, 4) is 0 Å². The van der Waals surface area contributed by atoms with Gasteiger partial charge in [-0.05, 0) is 66.8 Å². The fourth-order valence-corrected chi connectivity index (χ4v) is 5.67. The number of nitrogens with zero attached hydrogens (tertiary/aromatic N) is 2. The Kier molecular flexibility index (Phi) is 5.50. The van der Waals surface area contributed by atoms with Gasteiger partial charge in [0, 0.05) is 40.8 Å².